The fourth-order valence-electron chi connectivity index (χ4n) is 2.61. The van der Waals surface area contributed by atoms with Gasteiger partial charge >= 0.3 is 0 Å². The second-order valence-electron chi connectivity index (χ2n) is 7.34. The molecule has 0 spiro atoms. The van der Waals surface area contributed by atoms with Gasteiger partial charge in [0.1, 0.15) is 5.75 Å². The molecule has 0 aliphatic rings. The van der Waals surface area contributed by atoms with E-state index in [1.807, 2.05) is 39.8 Å². The molecule has 2 aromatic rings. The van der Waals surface area contributed by atoms with E-state index in [0.717, 1.165) is 0 Å². The van der Waals surface area contributed by atoms with Crippen molar-refractivity contribution in [3.8, 4) is 5.75 Å². The number of carbonyl (C=O) groups excluding carboxylic acids is 2. The van der Waals surface area contributed by atoms with E-state index in [-0.39, 0.29) is 23.4 Å². The highest BCUT2D eigenvalue weighted by atomic mass is 16.5. The topological polar surface area (TPSA) is 79.5 Å². The largest absolute Gasteiger partial charge is 0.495 e. The molecule has 6 heteroatoms. The van der Waals surface area contributed by atoms with Crippen LogP contribution in [0.25, 0.3) is 0 Å². The van der Waals surface area contributed by atoms with Gasteiger partial charge in [-0.1, -0.05) is 12.1 Å². The van der Waals surface area contributed by atoms with Gasteiger partial charge in [-0.25, -0.2) is 0 Å². The zero-order valence-corrected chi connectivity index (χ0v) is 16.4. The van der Waals surface area contributed by atoms with Crippen LogP contribution in [0.15, 0.2) is 48.5 Å². The Labute approximate surface area is 160 Å². The quantitative estimate of drug-likeness (QED) is 0.726. The Morgan fingerprint density at radius 2 is 1.59 bits per heavy atom. The molecule has 6 nitrogen and oxygen atoms in total. The van der Waals surface area contributed by atoms with E-state index in [4.69, 9.17) is 4.74 Å². The van der Waals surface area contributed by atoms with Gasteiger partial charge < -0.3 is 20.7 Å². The van der Waals surface area contributed by atoms with E-state index in [1.54, 1.807) is 43.5 Å². The Kier molecular flexibility index (Phi) is 6.58. The molecule has 2 amide bonds. The van der Waals surface area contributed by atoms with Gasteiger partial charge in [0.05, 0.1) is 18.8 Å². The predicted molar refractivity (Wildman–Crippen MR) is 108 cm³/mol. The summed E-state index contributed by atoms with van der Waals surface area (Å²) in [5.74, 6) is 0.214. The molecule has 0 unspecified atom stereocenters. The maximum atomic E-state index is 12.4. The molecular weight excluding hydrogens is 342 g/mol. The lowest BCUT2D eigenvalue weighted by atomic mass is 10.1. The average molecular weight is 369 g/mol. The minimum absolute atomic E-state index is 0.129. The molecule has 144 valence electrons. The number of hydrogen-bond acceptors (Lipinski definition) is 4. The molecule has 1 atom stereocenters. The number of anilines is 2. The van der Waals surface area contributed by atoms with Crippen molar-refractivity contribution in [2.24, 2.45) is 0 Å². The zero-order valence-electron chi connectivity index (χ0n) is 16.4. The van der Waals surface area contributed by atoms with Gasteiger partial charge in [-0.05, 0) is 64.1 Å². The predicted octanol–water partition coefficient (Wildman–Crippen LogP) is 3.66. The van der Waals surface area contributed by atoms with Crippen LogP contribution < -0.4 is 20.7 Å². The van der Waals surface area contributed by atoms with Crippen molar-refractivity contribution in [1.29, 1.82) is 0 Å². The minimum atomic E-state index is -0.335. The number of para-hydroxylation sites is 2. The zero-order chi connectivity index (χ0) is 20.0. The number of nitrogens with one attached hydrogen (secondary N) is 3. The van der Waals surface area contributed by atoms with Crippen molar-refractivity contribution in [3.63, 3.8) is 0 Å². The lowest BCUT2D eigenvalue weighted by Crippen LogP contribution is -2.47. The summed E-state index contributed by atoms with van der Waals surface area (Å²) >= 11 is 0. The van der Waals surface area contributed by atoms with E-state index in [1.165, 1.54) is 0 Å². The summed E-state index contributed by atoms with van der Waals surface area (Å²) in [4.78, 5) is 24.7. The molecule has 0 saturated carbocycles. The van der Waals surface area contributed by atoms with Crippen molar-refractivity contribution in [2.45, 2.75) is 39.3 Å². The number of ether oxygens (including phenoxy) is 1. The molecule has 0 aliphatic carbocycles. The van der Waals surface area contributed by atoms with E-state index < -0.39 is 0 Å². The molecule has 0 radical (unpaired) electrons. The van der Waals surface area contributed by atoms with E-state index in [0.29, 0.717) is 22.7 Å². The van der Waals surface area contributed by atoms with Crippen LogP contribution in [0.4, 0.5) is 11.4 Å². The number of hydrogen-bond donors (Lipinski definition) is 3. The van der Waals surface area contributed by atoms with E-state index in [9.17, 15) is 9.59 Å². The van der Waals surface area contributed by atoms with Crippen LogP contribution in [0.3, 0.4) is 0 Å². The van der Waals surface area contributed by atoms with Crippen molar-refractivity contribution < 1.29 is 14.3 Å². The number of benzene rings is 2. The normalized spacial score (nSPS) is 12.2. The summed E-state index contributed by atoms with van der Waals surface area (Å²) in [5.41, 5.74) is 1.57. The van der Waals surface area contributed by atoms with Crippen LogP contribution in [-0.2, 0) is 4.79 Å². The summed E-state index contributed by atoms with van der Waals surface area (Å²) < 4.78 is 5.23. The van der Waals surface area contributed by atoms with Crippen LogP contribution in [0.5, 0.6) is 5.75 Å². The Balaban J connectivity index is 2.00. The highest BCUT2D eigenvalue weighted by Crippen LogP contribution is 2.23. The van der Waals surface area contributed by atoms with Crippen LogP contribution >= 0.6 is 0 Å². The van der Waals surface area contributed by atoms with Crippen LogP contribution in [-0.4, -0.2) is 30.5 Å². The third kappa shape index (κ3) is 6.11. The molecule has 0 saturated heterocycles. The Hall–Kier alpha value is -2.86. The first-order chi connectivity index (χ1) is 12.7. The minimum Gasteiger partial charge on any atom is -0.495 e. The maximum absolute atomic E-state index is 12.4. The third-order valence-electron chi connectivity index (χ3n) is 3.81. The van der Waals surface area contributed by atoms with Crippen molar-refractivity contribution in [2.75, 3.05) is 17.7 Å². The second kappa shape index (κ2) is 8.68. The van der Waals surface area contributed by atoms with Gasteiger partial charge in [0, 0.05) is 16.8 Å². The Morgan fingerprint density at radius 3 is 2.19 bits per heavy atom. The number of amides is 2. The molecular formula is C21H27N3O3. The van der Waals surface area contributed by atoms with Crippen LogP contribution in [0.1, 0.15) is 38.1 Å². The maximum Gasteiger partial charge on any atom is 0.255 e. The van der Waals surface area contributed by atoms with Crippen molar-refractivity contribution in [3.05, 3.63) is 54.1 Å². The Morgan fingerprint density at radius 1 is 0.963 bits per heavy atom. The first-order valence-electron chi connectivity index (χ1n) is 8.82. The van der Waals surface area contributed by atoms with Crippen LogP contribution in [0, 0.1) is 0 Å². The van der Waals surface area contributed by atoms with E-state index >= 15 is 0 Å². The summed E-state index contributed by atoms with van der Waals surface area (Å²) in [6.45, 7) is 7.83. The highest BCUT2D eigenvalue weighted by Gasteiger charge is 2.19. The smallest absolute Gasteiger partial charge is 0.255 e. The van der Waals surface area contributed by atoms with Gasteiger partial charge in [-0.2, -0.15) is 0 Å². The second-order valence-corrected chi connectivity index (χ2v) is 7.34. The van der Waals surface area contributed by atoms with Gasteiger partial charge in [-0.3, -0.25) is 9.59 Å². The van der Waals surface area contributed by atoms with Gasteiger partial charge in [0.15, 0.2) is 0 Å². The number of rotatable bonds is 6. The van der Waals surface area contributed by atoms with Gasteiger partial charge in [-0.15, -0.1) is 0 Å². The SMILES string of the molecule is COc1ccccc1NC(=O)c1ccc(NC(=O)[C@H](C)NC(C)(C)C)cc1. The summed E-state index contributed by atoms with van der Waals surface area (Å²) in [6, 6.07) is 13.6. The van der Waals surface area contributed by atoms with Gasteiger partial charge in [0.2, 0.25) is 5.91 Å². The molecule has 0 fully saturated rings. The first kappa shape index (κ1) is 20.5. The fraction of sp³-hybridized carbons (Fsp3) is 0.333. The lowest BCUT2D eigenvalue weighted by Gasteiger charge is -2.25. The molecule has 0 heterocycles. The molecule has 27 heavy (non-hydrogen) atoms. The number of methoxy groups -OCH3 is 1. The molecule has 2 rings (SSSR count). The third-order valence-corrected chi connectivity index (χ3v) is 3.81. The molecule has 0 aromatic heterocycles. The molecule has 3 N–H and O–H groups in total. The summed E-state index contributed by atoms with van der Waals surface area (Å²) in [7, 11) is 1.55. The average Bonchev–Trinajstić information content (AvgIpc) is 2.61. The molecule has 2 aromatic carbocycles. The molecule has 0 bridgehead atoms. The number of carbonyl (C=O) groups is 2. The van der Waals surface area contributed by atoms with Gasteiger partial charge in [0.25, 0.3) is 5.91 Å². The molecule has 0 aliphatic heterocycles. The Bertz CT molecular complexity index is 795. The standard InChI is InChI=1S/C21H27N3O3/c1-14(24-21(2,3)4)19(25)22-16-12-10-15(11-13-16)20(26)23-17-8-6-7-9-18(17)27-5/h6-14,24H,1-5H3,(H,22,25)(H,23,26)/t14-/m0/s1. The van der Waals surface area contributed by atoms with Crippen molar-refractivity contribution in [1.82, 2.24) is 5.32 Å². The highest BCUT2D eigenvalue weighted by molar-refractivity contribution is 6.05. The fourth-order valence-corrected chi connectivity index (χ4v) is 2.61. The summed E-state index contributed by atoms with van der Waals surface area (Å²) in [5, 5.41) is 8.88. The monoisotopic (exact) mass is 369 g/mol. The van der Waals surface area contributed by atoms with E-state index in [2.05, 4.69) is 16.0 Å². The van der Waals surface area contributed by atoms with Crippen LogP contribution in [0.2, 0.25) is 0 Å². The summed E-state index contributed by atoms with van der Waals surface area (Å²) in [6.07, 6.45) is 0. The first-order valence-corrected chi connectivity index (χ1v) is 8.82. The lowest BCUT2D eigenvalue weighted by molar-refractivity contribution is -0.118. The van der Waals surface area contributed by atoms with Crippen molar-refractivity contribution >= 4 is 23.2 Å².